The molecule has 0 spiro atoms. The van der Waals surface area contributed by atoms with Gasteiger partial charge in [0.05, 0.1) is 4.90 Å². The van der Waals surface area contributed by atoms with Crippen LogP contribution in [0.25, 0.3) is 0 Å². The third-order valence-electron chi connectivity index (χ3n) is 3.30. The van der Waals surface area contributed by atoms with E-state index in [1.807, 2.05) is 7.05 Å². The minimum absolute atomic E-state index is 0.111. The minimum Gasteiger partial charge on any atom is -0.399 e. The molecule has 0 bridgehead atoms. The van der Waals surface area contributed by atoms with E-state index in [4.69, 9.17) is 10.9 Å². The number of primary sulfonamides is 1. The number of sulfonamides is 1. The van der Waals surface area contributed by atoms with Crippen LogP contribution in [-0.4, -0.2) is 22.0 Å². The fraction of sp³-hybridized carbons (Fsp3) is 0.500. The first-order chi connectivity index (χ1) is 8.29. The summed E-state index contributed by atoms with van der Waals surface area (Å²) in [4.78, 5) is 2.16. The molecule has 0 unspecified atom stereocenters. The first kappa shape index (κ1) is 13.2. The van der Waals surface area contributed by atoms with Gasteiger partial charge in [0, 0.05) is 25.0 Å². The van der Waals surface area contributed by atoms with E-state index in [-0.39, 0.29) is 4.90 Å². The standard InChI is InChI=1S/C12H19N3O2S/c1-8-11(15(2)7-9-3-4-9)5-10(13)6-12(8)18(14,16)17/h5-6,9H,3-4,7,13H2,1-2H3,(H2,14,16,17). The average Bonchev–Trinajstić information content (AvgIpc) is 3.03. The van der Waals surface area contributed by atoms with Crippen LogP contribution < -0.4 is 15.8 Å². The molecule has 0 amide bonds. The molecule has 0 aliphatic heterocycles. The Bertz CT molecular complexity index is 565. The van der Waals surface area contributed by atoms with Crippen molar-refractivity contribution in [2.24, 2.45) is 11.1 Å². The van der Waals surface area contributed by atoms with Crippen LogP contribution >= 0.6 is 0 Å². The van der Waals surface area contributed by atoms with Gasteiger partial charge in [-0.05, 0) is 43.4 Å². The van der Waals surface area contributed by atoms with Gasteiger partial charge in [-0.1, -0.05) is 0 Å². The lowest BCUT2D eigenvalue weighted by atomic mass is 10.1. The van der Waals surface area contributed by atoms with Crippen molar-refractivity contribution in [3.63, 3.8) is 0 Å². The normalized spacial score (nSPS) is 15.7. The van der Waals surface area contributed by atoms with E-state index >= 15 is 0 Å². The predicted octanol–water partition coefficient (Wildman–Crippen LogP) is 1.07. The van der Waals surface area contributed by atoms with Gasteiger partial charge in [0.1, 0.15) is 0 Å². The molecule has 6 heteroatoms. The van der Waals surface area contributed by atoms with Gasteiger partial charge >= 0.3 is 0 Å². The average molecular weight is 269 g/mol. The van der Waals surface area contributed by atoms with Crippen LogP contribution in [0.5, 0.6) is 0 Å². The number of hydrogen-bond donors (Lipinski definition) is 2. The topological polar surface area (TPSA) is 89.4 Å². The fourth-order valence-electron chi connectivity index (χ4n) is 2.17. The summed E-state index contributed by atoms with van der Waals surface area (Å²) in [7, 11) is -1.78. The summed E-state index contributed by atoms with van der Waals surface area (Å²) in [5, 5.41) is 5.21. The fourth-order valence-corrected chi connectivity index (χ4v) is 3.00. The van der Waals surface area contributed by atoms with Gasteiger partial charge in [-0.2, -0.15) is 0 Å². The summed E-state index contributed by atoms with van der Waals surface area (Å²) < 4.78 is 23.0. The molecule has 1 aliphatic rings. The Balaban J connectivity index is 2.43. The Morgan fingerprint density at radius 1 is 1.39 bits per heavy atom. The second kappa shape index (κ2) is 4.44. The molecule has 1 aromatic carbocycles. The van der Waals surface area contributed by atoms with E-state index in [0.29, 0.717) is 17.2 Å². The number of anilines is 2. The smallest absolute Gasteiger partial charge is 0.238 e. The number of nitrogen functional groups attached to an aromatic ring is 1. The molecule has 0 radical (unpaired) electrons. The molecule has 0 atom stereocenters. The largest absolute Gasteiger partial charge is 0.399 e. The number of hydrogen-bond acceptors (Lipinski definition) is 4. The van der Waals surface area contributed by atoms with Crippen LogP contribution in [0.15, 0.2) is 17.0 Å². The van der Waals surface area contributed by atoms with E-state index in [1.165, 1.54) is 18.9 Å². The predicted molar refractivity (Wildman–Crippen MR) is 73.0 cm³/mol. The van der Waals surface area contributed by atoms with Crippen LogP contribution in [0.1, 0.15) is 18.4 Å². The van der Waals surface area contributed by atoms with Crippen molar-refractivity contribution < 1.29 is 8.42 Å². The van der Waals surface area contributed by atoms with Gasteiger partial charge in [-0.15, -0.1) is 0 Å². The maximum Gasteiger partial charge on any atom is 0.238 e. The highest BCUT2D eigenvalue weighted by Crippen LogP contribution is 2.33. The molecule has 0 aromatic heterocycles. The third kappa shape index (κ3) is 2.76. The van der Waals surface area contributed by atoms with Gasteiger partial charge in [-0.3, -0.25) is 0 Å². The highest BCUT2D eigenvalue weighted by molar-refractivity contribution is 7.89. The van der Waals surface area contributed by atoms with E-state index in [0.717, 1.165) is 12.2 Å². The summed E-state index contributed by atoms with van der Waals surface area (Å²) in [6.07, 6.45) is 2.49. The first-order valence-corrected chi connectivity index (χ1v) is 7.47. The Morgan fingerprint density at radius 2 is 2.00 bits per heavy atom. The summed E-state index contributed by atoms with van der Waals surface area (Å²) in [5.41, 5.74) is 7.68. The number of benzene rings is 1. The van der Waals surface area contributed by atoms with E-state index in [9.17, 15) is 8.42 Å². The summed E-state index contributed by atoms with van der Waals surface area (Å²) >= 11 is 0. The molecule has 4 N–H and O–H groups in total. The van der Waals surface area contributed by atoms with Crippen LogP contribution in [0.4, 0.5) is 11.4 Å². The quantitative estimate of drug-likeness (QED) is 0.800. The number of rotatable bonds is 4. The molecule has 2 rings (SSSR count). The lowest BCUT2D eigenvalue weighted by molar-refractivity contribution is 0.597. The SMILES string of the molecule is Cc1c(N(C)CC2CC2)cc(N)cc1S(N)(=O)=O. The number of nitrogens with zero attached hydrogens (tertiary/aromatic N) is 1. The molecule has 0 saturated heterocycles. The van der Waals surface area contributed by atoms with Crippen molar-refractivity contribution in [1.82, 2.24) is 0 Å². The van der Waals surface area contributed by atoms with Crippen molar-refractivity contribution in [3.8, 4) is 0 Å². The van der Waals surface area contributed by atoms with Crippen molar-refractivity contribution in [2.75, 3.05) is 24.2 Å². The molecule has 1 fully saturated rings. The zero-order valence-electron chi connectivity index (χ0n) is 10.7. The molecule has 18 heavy (non-hydrogen) atoms. The van der Waals surface area contributed by atoms with Crippen LogP contribution in [0, 0.1) is 12.8 Å². The minimum atomic E-state index is -3.73. The van der Waals surface area contributed by atoms with Gasteiger partial charge in [0.15, 0.2) is 0 Å². The molecule has 100 valence electrons. The Labute approximate surface area is 108 Å². The summed E-state index contributed by atoms with van der Waals surface area (Å²) in [6.45, 7) is 2.69. The maximum absolute atomic E-state index is 11.5. The zero-order valence-corrected chi connectivity index (χ0v) is 11.5. The van der Waals surface area contributed by atoms with Crippen LogP contribution in [-0.2, 0) is 10.0 Å². The van der Waals surface area contributed by atoms with Gasteiger partial charge in [0.2, 0.25) is 10.0 Å². The summed E-state index contributed by atoms with van der Waals surface area (Å²) in [6, 6.07) is 3.21. The summed E-state index contributed by atoms with van der Waals surface area (Å²) in [5.74, 6) is 0.716. The molecule has 1 aliphatic carbocycles. The molecular formula is C12H19N3O2S. The number of nitrogens with two attached hydrogens (primary N) is 2. The molecule has 5 nitrogen and oxygen atoms in total. The van der Waals surface area contributed by atoms with E-state index in [1.54, 1.807) is 13.0 Å². The molecule has 1 aromatic rings. The highest BCUT2D eigenvalue weighted by atomic mass is 32.2. The lowest BCUT2D eigenvalue weighted by Crippen LogP contribution is -2.23. The second-order valence-electron chi connectivity index (χ2n) is 5.03. The van der Waals surface area contributed by atoms with Gasteiger partial charge < -0.3 is 10.6 Å². The third-order valence-corrected chi connectivity index (χ3v) is 4.34. The van der Waals surface area contributed by atoms with Crippen molar-refractivity contribution in [3.05, 3.63) is 17.7 Å². The van der Waals surface area contributed by atoms with E-state index < -0.39 is 10.0 Å². The Kier molecular flexibility index (Phi) is 3.25. The first-order valence-electron chi connectivity index (χ1n) is 5.93. The zero-order chi connectivity index (χ0) is 13.5. The van der Waals surface area contributed by atoms with Gasteiger partial charge in [0.25, 0.3) is 0 Å². The van der Waals surface area contributed by atoms with Crippen molar-refractivity contribution in [2.45, 2.75) is 24.7 Å². The molecule has 1 saturated carbocycles. The Hall–Kier alpha value is -1.27. The molecular weight excluding hydrogens is 250 g/mol. The van der Waals surface area contributed by atoms with Crippen molar-refractivity contribution in [1.29, 1.82) is 0 Å². The highest BCUT2D eigenvalue weighted by Gasteiger charge is 2.25. The van der Waals surface area contributed by atoms with Gasteiger partial charge in [-0.25, -0.2) is 13.6 Å². The maximum atomic E-state index is 11.5. The van der Waals surface area contributed by atoms with Crippen molar-refractivity contribution >= 4 is 21.4 Å². The monoisotopic (exact) mass is 269 g/mol. The van der Waals surface area contributed by atoms with Crippen LogP contribution in [0.2, 0.25) is 0 Å². The molecule has 0 heterocycles. The second-order valence-corrected chi connectivity index (χ2v) is 6.56. The Morgan fingerprint density at radius 3 is 2.50 bits per heavy atom. The van der Waals surface area contributed by atoms with Crippen LogP contribution in [0.3, 0.4) is 0 Å². The van der Waals surface area contributed by atoms with E-state index in [2.05, 4.69) is 4.90 Å². The lowest BCUT2D eigenvalue weighted by Gasteiger charge is -2.23.